The van der Waals surface area contributed by atoms with Gasteiger partial charge < -0.3 is 4.74 Å². The van der Waals surface area contributed by atoms with Crippen molar-refractivity contribution < 1.29 is 9.53 Å². The molecule has 0 saturated heterocycles. The van der Waals surface area contributed by atoms with Gasteiger partial charge in [0.05, 0.1) is 0 Å². The van der Waals surface area contributed by atoms with E-state index in [-0.39, 0.29) is 11.8 Å². The Labute approximate surface area is 102 Å². The number of hydrogen-bond donors (Lipinski definition) is 2. The minimum Gasteiger partial charge on any atom is -0.480 e. The minimum absolute atomic E-state index is 0.0549. The Hall–Kier alpha value is -1.55. The SMILES string of the molecule is Cc1ccc(OC(C(=O)NN)C(C)C)c(C)c1. The van der Waals surface area contributed by atoms with Crippen LogP contribution in [0, 0.1) is 19.8 Å². The number of benzene rings is 1. The molecule has 0 saturated carbocycles. The van der Waals surface area contributed by atoms with E-state index in [2.05, 4.69) is 5.43 Å². The number of nitrogens with two attached hydrogens (primary N) is 1. The second kappa shape index (κ2) is 5.68. The third-order valence-corrected chi connectivity index (χ3v) is 2.59. The van der Waals surface area contributed by atoms with Crippen LogP contribution in [0.3, 0.4) is 0 Å². The maximum Gasteiger partial charge on any atom is 0.275 e. The van der Waals surface area contributed by atoms with Gasteiger partial charge in [-0.1, -0.05) is 31.5 Å². The van der Waals surface area contributed by atoms with Crippen LogP contribution in [0.15, 0.2) is 18.2 Å². The number of aryl methyl sites for hydroxylation is 2. The summed E-state index contributed by atoms with van der Waals surface area (Å²) < 4.78 is 5.72. The van der Waals surface area contributed by atoms with Gasteiger partial charge >= 0.3 is 0 Å². The van der Waals surface area contributed by atoms with Gasteiger partial charge in [-0.05, 0) is 31.4 Å². The molecular weight excluding hydrogens is 216 g/mol. The Morgan fingerprint density at radius 1 is 1.35 bits per heavy atom. The summed E-state index contributed by atoms with van der Waals surface area (Å²) in [5, 5.41) is 0. The molecule has 0 heterocycles. The summed E-state index contributed by atoms with van der Waals surface area (Å²) in [5.41, 5.74) is 4.31. The Bertz CT molecular complexity index is 402. The van der Waals surface area contributed by atoms with Gasteiger partial charge in [0.15, 0.2) is 6.10 Å². The molecule has 3 N–H and O–H groups in total. The molecular formula is C13H20N2O2. The number of hydrogen-bond acceptors (Lipinski definition) is 3. The highest BCUT2D eigenvalue weighted by molar-refractivity contribution is 5.80. The van der Waals surface area contributed by atoms with Crippen LogP contribution in [-0.2, 0) is 4.79 Å². The average molecular weight is 236 g/mol. The first-order valence-corrected chi connectivity index (χ1v) is 5.70. The maximum atomic E-state index is 11.6. The Morgan fingerprint density at radius 2 is 2.00 bits per heavy atom. The zero-order valence-corrected chi connectivity index (χ0v) is 10.8. The van der Waals surface area contributed by atoms with Crippen LogP contribution < -0.4 is 16.0 Å². The van der Waals surface area contributed by atoms with Gasteiger partial charge in [0, 0.05) is 0 Å². The van der Waals surface area contributed by atoms with Gasteiger partial charge in [-0.3, -0.25) is 10.2 Å². The van der Waals surface area contributed by atoms with E-state index in [0.29, 0.717) is 0 Å². The number of nitrogens with one attached hydrogen (secondary N) is 1. The van der Waals surface area contributed by atoms with E-state index in [1.165, 1.54) is 5.56 Å². The Morgan fingerprint density at radius 3 is 2.47 bits per heavy atom. The lowest BCUT2D eigenvalue weighted by molar-refractivity contribution is -0.129. The van der Waals surface area contributed by atoms with Crippen molar-refractivity contribution in [1.82, 2.24) is 5.43 Å². The molecule has 1 atom stereocenters. The maximum absolute atomic E-state index is 11.6. The van der Waals surface area contributed by atoms with E-state index in [1.807, 2.05) is 45.9 Å². The highest BCUT2D eigenvalue weighted by atomic mass is 16.5. The van der Waals surface area contributed by atoms with Crippen molar-refractivity contribution in [3.05, 3.63) is 29.3 Å². The molecule has 0 spiro atoms. The lowest BCUT2D eigenvalue weighted by Gasteiger charge is -2.21. The molecule has 1 unspecified atom stereocenters. The molecule has 1 rings (SSSR count). The van der Waals surface area contributed by atoms with Crippen LogP contribution >= 0.6 is 0 Å². The van der Waals surface area contributed by atoms with Gasteiger partial charge in [0.1, 0.15) is 5.75 Å². The molecule has 0 aromatic heterocycles. The van der Waals surface area contributed by atoms with Gasteiger partial charge in [-0.2, -0.15) is 0 Å². The second-order valence-corrected chi connectivity index (χ2v) is 4.56. The van der Waals surface area contributed by atoms with Crippen molar-refractivity contribution in [2.45, 2.75) is 33.8 Å². The molecule has 17 heavy (non-hydrogen) atoms. The molecule has 0 aliphatic heterocycles. The second-order valence-electron chi connectivity index (χ2n) is 4.56. The molecule has 4 heteroatoms. The number of ether oxygens (including phenoxy) is 1. The van der Waals surface area contributed by atoms with E-state index < -0.39 is 6.10 Å². The molecule has 0 aliphatic carbocycles. The Balaban J connectivity index is 2.90. The van der Waals surface area contributed by atoms with Crippen LogP contribution in [0.25, 0.3) is 0 Å². The molecule has 0 aliphatic rings. The molecule has 0 bridgehead atoms. The van der Waals surface area contributed by atoms with E-state index in [1.54, 1.807) is 0 Å². The first-order valence-electron chi connectivity index (χ1n) is 5.70. The predicted octanol–water partition coefficient (Wildman–Crippen LogP) is 1.70. The number of carbonyl (C=O) groups is 1. The molecule has 0 radical (unpaired) electrons. The van der Waals surface area contributed by atoms with Gasteiger partial charge in [-0.25, -0.2) is 5.84 Å². The molecule has 1 aromatic rings. The number of rotatable bonds is 4. The first-order chi connectivity index (χ1) is 7.95. The first kappa shape index (κ1) is 13.5. The summed E-state index contributed by atoms with van der Waals surface area (Å²) >= 11 is 0. The highest BCUT2D eigenvalue weighted by Crippen LogP contribution is 2.22. The summed E-state index contributed by atoms with van der Waals surface area (Å²) in [6, 6.07) is 5.86. The number of hydrazine groups is 1. The lowest BCUT2D eigenvalue weighted by atomic mass is 10.1. The smallest absolute Gasteiger partial charge is 0.275 e. The standard InChI is InChI=1S/C13H20N2O2/c1-8(2)12(13(16)15-14)17-11-6-5-9(3)7-10(11)4/h5-8,12H,14H2,1-4H3,(H,15,16). The van der Waals surface area contributed by atoms with Crippen LogP contribution in [0.4, 0.5) is 0 Å². The molecule has 1 aromatic carbocycles. The van der Waals surface area contributed by atoms with E-state index in [9.17, 15) is 4.79 Å². The summed E-state index contributed by atoms with van der Waals surface area (Å²) in [5.74, 6) is 5.62. The van der Waals surface area contributed by atoms with Crippen molar-refractivity contribution in [2.75, 3.05) is 0 Å². The molecule has 94 valence electrons. The normalized spacial score (nSPS) is 12.4. The minimum atomic E-state index is -0.568. The summed E-state index contributed by atoms with van der Waals surface area (Å²) in [7, 11) is 0. The fraction of sp³-hybridized carbons (Fsp3) is 0.462. The van der Waals surface area contributed by atoms with Crippen molar-refractivity contribution in [1.29, 1.82) is 0 Å². The third-order valence-electron chi connectivity index (χ3n) is 2.59. The van der Waals surface area contributed by atoms with Crippen molar-refractivity contribution in [3.8, 4) is 5.75 Å². The average Bonchev–Trinajstić information content (AvgIpc) is 2.26. The van der Waals surface area contributed by atoms with Crippen molar-refractivity contribution in [3.63, 3.8) is 0 Å². The number of amides is 1. The third kappa shape index (κ3) is 3.46. The largest absolute Gasteiger partial charge is 0.480 e. The monoisotopic (exact) mass is 236 g/mol. The van der Waals surface area contributed by atoms with Crippen molar-refractivity contribution >= 4 is 5.91 Å². The summed E-state index contributed by atoms with van der Waals surface area (Å²) in [4.78, 5) is 11.6. The predicted molar refractivity (Wildman–Crippen MR) is 67.5 cm³/mol. The van der Waals surface area contributed by atoms with Gasteiger partial charge in [0.2, 0.25) is 0 Å². The highest BCUT2D eigenvalue weighted by Gasteiger charge is 2.23. The fourth-order valence-corrected chi connectivity index (χ4v) is 1.64. The Kier molecular flexibility index (Phi) is 4.52. The van der Waals surface area contributed by atoms with Crippen LogP contribution in [0.2, 0.25) is 0 Å². The summed E-state index contributed by atoms with van der Waals surface area (Å²) in [6.07, 6.45) is -0.568. The van der Waals surface area contributed by atoms with Crippen molar-refractivity contribution in [2.24, 2.45) is 11.8 Å². The quantitative estimate of drug-likeness (QED) is 0.475. The fourth-order valence-electron chi connectivity index (χ4n) is 1.64. The van der Waals surface area contributed by atoms with Gasteiger partial charge in [-0.15, -0.1) is 0 Å². The summed E-state index contributed by atoms with van der Waals surface area (Å²) in [6.45, 7) is 7.82. The van der Waals surface area contributed by atoms with Crippen LogP contribution in [0.5, 0.6) is 5.75 Å². The lowest BCUT2D eigenvalue weighted by Crippen LogP contribution is -2.44. The van der Waals surface area contributed by atoms with Crippen LogP contribution in [-0.4, -0.2) is 12.0 Å². The van der Waals surface area contributed by atoms with E-state index in [0.717, 1.165) is 11.3 Å². The topological polar surface area (TPSA) is 64.3 Å². The van der Waals surface area contributed by atoms with Crippen LogP contribution in [0.1, 0.15) is 25.0 Å². The molecule has 4 nitrogen and oxygen atoms in total. The van der Waals surface area contributed by atoms with E-state index >= 15 is 0 Å². The zero-order chi connectivity index (χ0) is 13.0. The number of carbonyl (C=O) groups excluding carboxylic acids is 1. The zero-order valence-electron chi connectivity index (χ0n) is 10.8. The molecule has 1 amide bonds. The van der Waals surface area contributed by atoms with Gasteiger partial charge in [0.25, 0.3) is 5.91 Å². The molecule has 0 fully saturated rings. The van der Waals surface area contributed by atoms with E-state index in [4.69, 9.17) is 10.6 Å².